The topological polar surface area (TPSA) is 56.1 Å². The summed E-state index contributed by atoms with van der Waals surface area (Å²) in [5.74, 6) is -0.494. The molecule has 0 bridgehead atoms. The van der Waals surface area contributed by atoms with Crippen molar-refractivity contribution >= 4 is 5.91 Å². The Morgan fingerprint density at radius 3 is 3.00 bits per heavy atom. The molecule has 0 aliphatic carbocycles. The van der Waals surface area contributed by atoms with E-state index in [0.29, 0.717) is 17.8 Å². The average Bonchev–Trinajstić information content (AvgIpc) is 2.66. The van der Waals surface area contributed by atoms with Gasteiger partial charge in [0.05, 0.1) is 6.61 Å². The van der Waals surface area contributed by atoms with Crippen molar-refractivity contribution in [3.63, 3.8) is 0 Å². The molecule has 0 aliphatic rings. The van der Waals surface area contributed by atoms with Gasteiger partial charge in [0.25, 0.3) is 5.91 Å². The van der Waals surface area contributed by atoms with Gasteiger partial charge in [0.2, 0.25) is 0 Å². The normalized spacial score (nSPS) is 10.7. The Morgan fingerprint density at radius 1 is 1.73 bits per heavy atom. The summed E-state index contributed by atoms with van der Waals surface area (Å²) in [4.78, 5) is 11.3. The Labute approximate surface area is 85.0 Å². The summed E-state index contributed by atoms with van der Waals surface area (Å²) in [5, 5.41) is 5.87. The Balaban J connectivity index is 2.51. The highest BCUT2D eigenvalue weighted by Crippen LogP contribution is 2.08. The van der Waals surface area contributed by atoms with Crippen LogP contribution in [0.3, 0.4) is 0 Å². The highest BCUT2D eigenvalue weighted by molar-refractivity contribution is 5.92. The number of halogens is 2. The maximum absolute atomic E-state index is 12.1. The van der Waals surface area contributed by atoms with E-state index in [1.807, 2.05) is 0 Å². The molecular formula is C8H11F2N3O2. The molecule has 1 aromatic rings. The first-order chi connectivity index (χ1) is 7.15. The van der Waals surface area contributed by atoms with Gasteiger partial charge in [0, 0.05) is 19.9 Å². The molecule has 5 nitrogen and oxygen atoms in total. The number of ether oxygens (including phenoxy) is 1. The molecule has 0 aromatic carbocycles. The lowest BCUT2D eigenvalue weighted by molar-refractivity contribution is 0.0559. The van der Waals surface area contributed by atoms with Gasteiger partial charge in [-0.2, -0.15) is 13.9 Å². The molecule has 1 amide bonds. The fourth-order valence-corrected chi connectivity index (χ4v) is 0.925. The second-order valence-corrected chi connectivity index (χ2v) is 2.71. The van der Waals surface area contributed by atoms with Crippen molar-refractivity contribution in [1.82, 2.24) is 15.1 Å². The van der Waals surface area contributed by atoms with Gasteiger partial charge in [-0.25, -0.2) is 4.68 Å². The fourth-order valence-electron chi connectivity index (χ4n) is 0.925. The number of carbonyl (C=O) groups is 1. The van der Waals surface area contributed by atoms with Gasteiger partial charge in [-0.15, -0.1) is 0 Å². The van der Waals surface area contributed by atoms with Crippen molar-refractivity contribution in [2.45, 2.75) is 6.55 Å². The van der Waals surface area contributed by atoms with E-state index < -0.39 is 12.5 Å². The van der Waals surface area contributed by atoms with Crippen LogP contribution in [0.4, 0.5) is 8.78 Å². The number of carbonyl (C=O) groups excluding carboxylic acids is 1. The summed E-state index contributed by atoms with van der Waals surface area (Å²) in [7, 11) is 1.50. The van der Waals surface area contributed by atoms with Gasteiger partial charge in [0.1, 0.15) is 5.69 Å². The Bertz CT molecular complexity index is 327. The molecule has 0 saturated heterocycles. The van der Waals surface area contributed by atoms with Crippen LogP contribution < -0.4 is 5.32 Å². The third-order valence-corrected chi connectivity index (χ3v) is 1.63. The molecule has 0 atom stereocenters. The molecule has 0 spiro atoms. The van der Waals surface area contributed by atoms with E-state index in [1.165, 1.54) is 13.2 Å². The van der Waals surface area contributed by atoms with Gasteiger partial charge in [-0.3, -0.25) is 4.79 Å². The maximum Gasteiger partial charge on any atom is 0.333 e. The first kappa shape index (κ1) is 11.6. The summed E-state index contributed by atoms with van der Waals surface area (Å²) in [5.41, 5.74) is -0.0357. The molecule has 15 heavy (non-hydrogen) atoms. The molecule has 0 unspecified atom stereocenters. The van der Waals surface area contributed by atoms with E-state index in [9.17, 15) is 13.6 Å². The standard InChI is InChI=1S/C8H11F2N3O2/c1-15-5-3-11-7(14)6-2-4-13(12-6)8(9)10/h2,4,8H,3,5H2,1H3,(H,11,14). The monoisotopic (exact) mass is 219 g/mol. The van der Waals surface area contributed by atoms with Gasteiger partial charge >= 0.3 is 6.55 Å². The molecular weight excluding hydrogens is 208 g/mol. The van der Waals surface area contributed by atoms with Crippen LogP contribution in [0.15, 0.2) is 12.3 Å². The number of amides is 1. The Hall–Kier alpha value is -1.50. The lowest BCUT2D eigenvalue weighted by Gasteiger charge is -2.01. The van der Waals surface area contributed by atoms with E-state index in [4.69, 9.17) is 4.74 Å². The molecule has 1 heterocycles. The fraction of sp³-hybridized carbons (Fsp3) is 0.500. The highest BCUT2D eigenvalue weighted by atomic mass is 19.3. The van der Waals surface area contributed by atoms with E-state index >= 15 is 0 Å². The molecule has 0 radical (unpaired) electrons. The lowest BCUT2D eigenvalue weighted by Crippen LogP contribution is -2.27. The maximum atomic E-state index is 12.1. The van der Waals surface area contributed by atoms with Crippen molar-refractivity contribution in [2.75, 3.05) is 20.3 Å². The summed E-state index contributed by atoms with van der Waals surface area (Å²) in [6.07, 6.45) is 1.05. The molecule has 0 saturated carbocycles. The zero-order chi connectivity index (χ0) is 11.3. The third-order valence-electron chi connectivity index (χ3n) is 1.63. The Kier molecular flexibility index (Phi) is 4.17. The smallest absolute Gasteiger partial charge is 0.333 e. The first-order valence-electron chi connectivity index (χ1n) is 4.25. The van der Waals surface area contributed by atoms with Crippen LogP contribution in [0, 0.1) is 0 Å². The molecule has 1 N–H and O–H groups in total. The zero-order valence-electron chi connectivity index (χ0n) is 8.11. The van der Waals surface area contributed by atoms with E-state index in [0.717, 1.165) is 6.20 Å². The van der Waals surface area contributed by atoms with Crippen molar-refractivity contribution < 1.29 is 18.3 Å². The molecule has 7 heteroatoms. The number of hydrogen-bond donors (Lipinski definition) is 1. The highest BCUT2D eigenvalue weighted by Gasteiger charge is 2.12. The predicted octanol–water partition coefficient (Wildman–Crippen LogP) is 0.654. The molecule has 1 rings (SSSR count). The summed E-state index contributed by atoms with van der Waals surface area (Å²) < 4.78 is 29.3. The van der Waals surface area contributed by atoms with Crippen LogP contribution >= 0.6 is 0 Å². The van der Waals surface area contributed by atoms with Crippen LogP contribution in [0.2, 0.25) is 0 Å². The van der Waals surface area contributed by atoms with E-state index in [1.54, 1.807) is 0 Å². The second-order valence-electron chi connectivity index (χ2n) is 2.71. The summed E-state index contributed by atoms with van der Waals surface area (Å²) in [6, 6.07) is 1.23. The predicted molar refractivity (Wildman–Crippen MR) is 47.7 cm³/mol. The van der Waals surface area contributed by atoms with Crippen LogP contribution in [-0.4, -0.2) is 35.9 Å². The molecule has 1 aromatic heterocycles. The van der Waals surface area contributed by atoms with Crippen molar-refractivity contribution in [2.24, 2.45) is 0 Å². The van der Waals surface area contributed by atoms with Gasteiger partial charge in [-0.1, -0.05) is 0 Å². The van der Waals surface area contributed by atoms with Crippen LogP contribution in [0.5, 0.6) is 0 Å². The van der Waals surface area contributed by atoms with Crippen molar-refractivity contribution in [3.05, 3.63) is 18.0 Å². The minimum Gasteiger partial charge on any atom is -0.383 e. The SMILES string of the molecule is COCCNC(=O)c1ccn(C(F)F)n1. The molecule has 0 fully saturated rings. The van der Waals surface area contributed by atoms with Gasteiger partial charge in [-0.05, 0) is 6.07 Å². The van der Waals surface area contributed by atoms with Crippen LogP contribution in [0.1, 0.15) is 17.0 Å². The average molecular weight is 219 g/mol. The number of nitrogens with zero attached hydrogens (tertiary/aromatic N) is 2. The number of aromatic nitrogens is 2. The lowest BCUT2D eigenvalue weighted by atomic mass is 10.4. The van der Waals surface area contributed by atoms with Gasteiger partial charge < -0.3 is 10.1 Å². The third kappa shape index (κ3) is 3.28. The molecule has 0 aliphatic heterocycles. The number of methoxy groups -OCH3 is 1. The number of rotatable bonds is 5. The van der Waals surface area contributed by atoms with Crippen molar-refractivity contribution in [3.8, 4) is 0 Å². The largest absolute Gasteiger partial charge is 0.383 e. The van der Waals surface area contributed by atoms with Crippen LogP contribution in [-0.2, 0) is 4.74 Å². The summed E-state index contributed by atoms with van der Waals surface area (Å²) in [6.45, 7) is -2.05. The summed E-state index contributed by atoms with van der Waals surface area (Å²) >= 11 is 0. The van der Waals surface area contributed by atoms with Crippen LogP contribution in [0.25, 0.3) is 0 Å². The quantitative estimate of drug-likeness (QED) is 0.740. The van der Waals surface area contributed by atoms with E-state index in [-0.39, 0.29) is 5.69 Å². The Morgan fingerprint density at radius 2 is 2.47 bits per heavy atom. The number of alkyl halides is 2. The minimum absolute atomic E-state index is 0.0357. The first-order valence-corrected chi connectivity index (χ1v) is 4.25. The minimum atomic E-state index is -2.73. The van der Waals surface area contributed by atoms with E-state index in [2.05, 4.69) is 10.4 Å². The van der Waals surface area contributed by atoms with Gasteiger partial charge in [0.15, 0.2) is 0 Å². The second kappa shape index (κ2) is 5.40. The molecule has 84 valence electrons. The van der Waals surface area contributed by atoms with Crippen molar-refractivity contribution in [1.29, 1.82) is 0 Å². The zero-order valence-corrected chi connectivity index (χ0v) is 8.11. The number of hydrogen-bond acceptors (Lipinski definition) is 3. The number of nitrogens with one attached hydrogen (secondary N) is 1.